The van der Waals surface area contributed by atoms with Gasteiger partial charge in [0.1, 0.15) is 23.3 Å². The van der Waals surface area contributed by atoms with E-state index in [0.29, 0.717) is 23.9 Å². The molecule has 1 aromatic carbocycles. The summed E-state index contributed by atoms with van der Waals surface area (Å²) in [6.45, 7) is 2.95. The lowest BCUT2D eigenvalue weighted by Gasteiger charge is -2.15. The molecule has 2 aromatic rings. The van der Waals surface area contributed by atoms with Gasteiger partial charge in [0.2, 0.25) is 0 Å². The highest BCUT2D eigenvalue weighted by molar-refractivity contribution is 6.30. The number of hydrogen-bond acceptors (Lipinski definition) is 5. The van der Waals surface area contributed by atoms with Gasteiger partial charge in [-0.25, -0.2) is 9.37 Å². The molecule has 2 heterocycles. The van der Waals surface area contributed by atoms with Gasteiger partial charge < -0.3 is 20.5 Å². The molecule has 0 aliphatic carbocycles. The number of aromatic nitrogens is 1. The molecule has 0 spiro atoms. The topological polar surface area (TPSA) is 98.8 Å². The molecule has 1 fully saturated rings. The van der Waals surface area contributed by atoms with Crippen LogP contribution in [0, 0.1) is 11.7 Å². The SMILES string of the molecule is C[C@H]1COCC1O/C(N)=N\c1cc(NC(=O)c2ccc(Cl)cn2)ccc1F. The fraction of sp³-hybridized carbons (Fsp3) is 0.278. The lowest BCUT2D eigenvalue weighted by atomic mass is 10.1. The summed E-state index contributed by atoms with van der Waals surface area (Å²) in [4.78, 5) is 20.1. The van der Waals surface area contributed by atoms with E-state index in [9.17, 15) is 9.18 Å². The van der Waals surface area contributed by atoms with Gasteiger partial charge in [-0.15, -0.1) is 0 Å². The van der Waals surface area contributed by atoms with Crippen molar-refractivity contribution in [3.63, 3.8) is 0 Å². The number of anilines is 1. The van der Waals surface area contributed by atoms with Gasteiger partial charge in [0.05, 0.1) is 18.2 Å². The number of hydrogen-bond donors (Lipinski definition) is 2. The zero-order chi connectivity index (χ0) is 19.4. The van der Waals surface area contributed by atoms with Gasteiger partial charge in [-0.1, -0.05) is 18.5 Å². The molecular formula is C18H18ClFN4O3. The Morgan fingerprint density at radius 1 is 1.41 bits per heavy atom. The molecule has 2 atom stereocenters. The molecule has 1 amide bonds. The first-order chi connectivity index (χ1) is 12.9. The molecule has 1 unspecified atom stereocenters. The minimum atomic E-state index is -0.597. The Morgan fingerprint density at radius 3 is 2.89 bits per heavy atom. The Balaban J connectivity index is 1.72. The summed E-state index contributed by atoms with van der Waals surface area (Å²) in [5, 5.41) is 3.04. The van der Waals surface area contributed by atoms with Crippen molar-refractivity contribution in [1.82, 2.24) is 4.98 Å². The molecule has 0 radical (unpaired) electrons. The molecule has 1 aliphatic rings. The lowest BCUT2D eigenvalue weighted by Crippen LogP contribution is -2.28. The number of amides is 1. The summed E-state index contributed by atoms with van der Waals surface area (Å²) < 4.78 is 24.8. The van der Waals surface area contributed by atoms with Gasteiger partial charge in [0, 0.05) is 17.8 Å². The van der Waals surface area contributed by atoms with E-state index in [2.05, 4.69) is 15.3 Å². The van der Waals surface area contributed by atoms with Crippen LogP contribution in [0.1, 0.15) is 17.4 Å². The van der Waals surface area contributed by atoms with Crippen LogP contribution in [-0.2, 0) is 9.47 Å². The summed E-state index contributed by atoms with van der Waals surface area (Å²) >= 11 is 5.75. The Hall–Kier alpha value is -2.71. The van der Waals surface area contributed by atoms with E-state index in [0.717, 1.165) is 0 Å². The Kier molecular flexibility index (Phi) is 5.88. The minimum absolute atomic E-state index is 0.0547. The number of carbonyl (C=O) groups excluding carboxylic acids is 1. The zero-order valence-electron chi connectivity index (χ0n) is 14.5. The number of benzene rings is 1. The Labute approximate surface area is 160 Å². The normalized spacial score (nSPS) is 19.7. The smallest absolute Gasteiger partial charge is 0.287 e. The van der Waals surface area contributed by atoms with Crippen molar-refractivity contribution in [3.05, 3.63) is 53.1 Å². The maximum Gasteiger partial charge on any atom is 0.287 e. The van der Waals surface area contributed by atoms with E-state index in [1.807, 2.05) is 6.92 Å². The number of pyridine rings is 1. The van der Waals surface area contributed by atoms with Crippen molar-refractivity contribution >= 4 is 34.9 Å². The molecule has 3 rings (SSSR count). The highest BCUT2D eigenvalue weighted by Crippen LogP contribution is 2.24. The molecule has 1 aromatic heterocycles. The first-order valence-electron chi connectivity index (χ1n) is 8.23. The van der Waals surface area contributed by atoms with Crippen LogP contribution in [0.5, 0.6) is 0 Å². The van der Waals surface area contributed by atoms with Gasteiger partial charge in [-0.3, -0.25) is 4.79 Å². The summed E-state index contributed by atoms with van der Waals surface area (Å²) in [7, 11) is 0. The molecule has 27 heavy (non-hydrogen) atoms. The fourth-order valence-electron chi connectivity index (χ4n) is 2.47. The van der Waals surface area contributed by atoms with Crippen LogP contribution in [0.4, 0.5) is 15.8 Å². The Morgan fingerprint density at radius 2 is 2.22 bits per heavy atom. The van der Waals surface area contributed by atoms with Crippen LogP contribution in [0.25, 0.3) is 0 Å². The summed E-state index contributed by atoms with van der Waals surface area (Å²) in [6.07, 6.45) is 1.14. The van der Waals surface area contributed by atoms with Gasteiger partial charge >= 0.3 is 0 Å². The van der Waals surface area contributed by atoms with Crippen LogP contribution < -0.4 is 11.1 Å². The third-order valence-corrected chi connectivity index (χ3v) is 4.19. The second kappa shape index (κ2) is 8.32. The first-order valence-corrected chi connectivity index (χ1v) is 8.61. The summed E-state index contributed by atoms with van der Waals surface area (Å²) in [5.74, 6) is -0.893. The number of rotatable bonds is 4. The van der Waals surface area contributed by atoms with E-state index in [1.165, 1.54) is 30.5 Å². The number of nitrogens with two attached hydrogens (primary N) is 1. The fourth-order valence-corrected chi connectivity index (χ4v) is 2.59. The number of amidine groups is 1. The summed E-state index contributed by atoms with van der Waals surface area (Å²) in [5.41, 5.74) is 6.22. The molecular weight excluding hydrogens is 375 g/mol. The number of halogens is 2. The molecule has 0 saturated carbocycles. The molecule has 3 N–H and O–H groups in total. The minimum Gasteiger partial charge on any atom is -0.459 e. The largest absolute Gasteiger partial charge is 0.459 e. The lowest BCUT2D eigenvalue weighted by molar-refractivity contribution is 0.102. The molecule has 1 aliphatic heterocycles. The first kappa shape index (κ1) is 19.1. The van der Waals surface area contributed by atoms with E-state index in [4.69, 9.17) is 26.8 Å². The van der Waals surface area contributed by atoms with Crippen molar-refractivity contribution in [2.45, 2.75) is 13.0 Å². The maximum atomic E-state index is 14.0. The van der Waals surface area contributed by atoms with Crippen LogP contribution in [0.2, 0.25) is 5.02 Å². The highest BCUT2D eigenvalue weighted by atomic mass is 35.5. The van der Waals surface area contributed by atoms with Crippen molar-refractivity contribution in [3.8, 4) is 0 Å². The number of aliphatic imine (C=N–C) groups is 1. The van der Waals surface area contributed by atoms with Gasteiger partial charge in [-0.05, 0) is 30.3 Å². The van der Waals surface area contributed by atoms with E-state index >= 15 is 0 Å². The van der Waals surface area contributed by atoms with Gasteiger partial charge in [-0.2, -0.15) is 4.99 Å². The molecule has 1 saturated heterocycles. The van der Waals surface area contributed by atoms with Crippen LogP contribution >= 0.6 is 11.6 Å². The van der Waals surface area contributed by atoms with E-state index in [-0.39, 0.29) is 29.4 Å². The highest BCUT2D eigenvalue weighted by Gasteiger charge is 2.26. The van der Waals surface area contributed by atoms with E-state index in [1.54, 1.807) is 6.07 Å². The van der Waals surface area contributed by atoms with Crippen LogP contribution in [0.15, 0.2) is 41.5 Å². The standard InChI is InChI=1S/C18H18ClFN4O3/c1-10-8-26-9-16(10)27-18(21)24-15-6-12(3-4-13(15)20)23-17(25)14-5-2-11(19)7-22-14/h2-7,10,16H,8-9H2,1H3,(H2,21,24)(H,23,25)/t10-,16?/m0/s1. The number of carbonyl (C=O) groups is 1. The maximum absolute atomic E-state index is 14.0. The second-order valence-corrected chi connectivity index (χ2v) is 6.54. The molecule has 142 valence electrons. The molecule has 9 heteroatoms. The number of nitrogens with zero attached hydrogens (tertiary/aromatic N) is 2. The van der Waals surface area contributed by atoms with Crippen molar-refractivity contribution < 1.29 is 18.7 Å². The molecule has 7 nitrogen and oxygen atoms in total. The van der Waals surface area contributed by atoms with Gasteiger partial charge in [0.15, 0.2) is 0 Å². The zero-order valence-corrected chi connectivity index (χ0v) is 15.2. The third-order valence-electron chi connectivity index (χ3n) is 3.96. The van der Waals surface area contributed by atoms with Crippen molar-refractivity contribution in [1.29, 1.82) is 0 Å². The number of ether oxygens (including phenoxy) is 2. The predicted octanol–water partition coefficient (Wildman–Crippen LogP) is 3.12. The summed E-state index contributed by atoms with van der Waals surface area (Å²) in [6, 6.07) is 6.81. The Bertz CT molecular complexity index is 860. The average Bonchev–Trinajstić information content (AvgIpc) is 3.03. The molecule has 0 bridgehead atoms. The van der Waals surface area contributed by atoms with E-state index < -0.39 is 11.7 Å². The van der Waals surface area contributed by atoms with Crippen LogP contribution in [0.3, 0.4) is 0 Å². The average molecular weight is 393 g/mol. The monoisotopic (exact) mass is 392 g/mol. The van der Waals surface area contributed by atoms with Crippen LogP contribution in [-0.4, -0.2) is 36.2 Å². The second-order valence-electron chi connectivity index (χ2n) is 6.10. The van der Waals surface area contributed by atoms with Gasteiger partial charge in [0.25, 0.3) is 11.9 Å². The predicted molar refractivity (Wildman–Crippen MR) is 99.7 cm³/mol. The third kappa shape index (κ3) is 4.93. The van der Waals surface area contributed by atoms with Crippen molar-refractivity contribution in [2.75, 3.05) is 18.5 Å². The quantitative estimate of drug-likeness (QED) is 0.615. The van der Waals surface area contributed by atoms with Crippen molar-refractivity contribution in [2.24, 2.45) is 16.6 Å². The number of nitrogens with one attached hydrogen (secondary N) is 1.